The fourth-order valence-electron chi connectivity index (χ4n) is 2.52. The Morgan fingerprint density at radius 3 is 2.90 bits per heavy atom. The normalized spacial score (nSPS) is 24.9. The van der Waals surface area contributed by atoms with E-state index in [0.29, 0.717) is 18.5 Å². The molecule has 1 atom stereocenters. The largest absolute Gasteiger partial charge is 0.336 e. The second-order valence-electron chi connectivity index (χ2n) is 4.82. The summed E-state index contributed by atoms with van der Waals surface area (Å²) in [5.74, 6) is -0.665. The van der Waals surface area contributed by atoms with Gasteiger partial charge in [-0.25, -0.2) is 4.79 Å². The number of aromatic nitrogens is 1. The molecule has 3 rings (SSSR count). The molecule has 104 valence electrons. The molecule has 2 N–H and O–H groups in total. The van der Waals surface area contributed by atoms with E-state index in [4.69, 9.17) is 11.6 Å². The molecular formula is C12H11ClN4O3. The van der Waals surface area contributed by atoms with Gasteiger partial charge in [0.25, 0.3) is 11.8 Å². The van der Waals surface area contributed by atoms with Crippen LogP contribution in [0.5, 0.6) is 0 Å². The van der Waals surface area contributed by atoms with Crippen LogP contribution in [0.1, 0.15) is 16.8 Å². The number of pyridine rings is 1. The van der Waals surface area contributed by atoms with Gasteiger partial charge >= 0.3 is 6.03 Å². The highest BCUT2D eigenvalue weighted by atomic mass is 35.5. The molecule has 20 heavy (non-hydrogen) atoms. The molecule has 0 radical (unpaired) electrons. The summed E-state index contributed by atoms with van der Waals surface area (Å²) >= 11 is 5.94. The minimum absolute atomic E-state index is 0.141. The smallest absolute Gasteiger partial charge is 0.322 e. The number of likely N-dealkylation sites (tertiary alicyclic amines) is 1. The number of halogens is 1. The average Bonchev–Trinajstić information content (AvgIpc) is 2.95. The topological polar surface area (TPSA) is 91.4 Å². The second-order valence-corrected chi connectivity index (χ2v) is 5.23. The van der Waals surface area contributed by atoms with Crippen LogP contribution >= 0.6 is 11.6 Å². The molecule has 1 spiro atoms. The summed E-state index contributed by atoms with van der Waals surface area (Å²) in [6.45, 7) is 0.521. The quantitative estimate of drug-likeness (QED) is 0.722. The zero-order chi connectivity index (χ0) is 14.3. The van der Waals surface area contributed by atoms with Crippen molar-refractivity contribution in [1.29, 1.82) is 0 Å². The van der Waals surface area contributed by atoms with E-state index < -0.39 is 17.5 Å². The molecule has 0 aromatic carbocycles. The Bertz CT molecular complexity index is 620. The highest BCUT2D eigenvalue weighted by molar-refractivity contribution is 6.33. The lowest BCUT2D eigenvalue weighted by Crippen LogP contribution is -2.49. The summed E-state index contributed by atoms with van der Waals surface area (Å²) in [6, 6.07) is 1.01. The van der Waals surface area contributed by atoms with Crippen LogP contribution in [0.15, 0.2) is 18.5 Å². The third-order valence-electron chi connectivity index (χ3n) is 3.57. The molecule has 2 aliphatic heterocycles. The number of nitrogens with one attached hydrogen (secondary N) is 2. The first kappa shape index (κ1) is 12.9. The summed E-state index contributed by atoms with van der Waals surface area (Å²) in [6.07, 6.45) is 3.26. The molecule has 1 unspecified atom stereocenters. The van der Waals surface area contributed by atoms with Gasteiger partial charge in [-0.1, -0.05) is 11.6 Å². The zero-order valence-electron chi connectivity index (χ0n) is 10.4. The standard InChI is InChI=1S/C12H11ClN4O3/c13-8-5-14-3-1-7(8)9(18)17-4-2-12(6-17)10(19)15-11(20)16-12/h1,3,5H,2,4,6H2,(H2,15,16,19,20). The minimum Gasteiger partial charge on any atom is -0.336 e. The van der Waals surface area contributed by atoms with Gasteiger partial charge in [0.2, 0.25) is 0 Å². The zero-order valence-corrected chi connectivity index (χ0v) is 11.1. The summed E-state index contributed by atoms with van der Waals surface area (Å²) in [5.41, 5.74) is -0.671. The van der Waals surface area contributed by atoms with Crippen molar-refractivity contribution in [1.82, 2.24) is 20.5 Å². The molecule has 2 saturated heterocycles. The molecule has 1 aromatic heterocycles. The number of rotatable bonds is 1. The lowest BCUT2D eigenvalue weighted by molar-refractivity contribution is -0.123. The van der Waals surface area contributed by atoms with Crippen LogP contribution in [0, 0.1) is 0 Å². The van der Waals surface area contributed by atoms with Crippen molar-refractivity contribution < 1.29 is 14.4 Å². The first-order valence-corrected chi connectivity index (χ1v) is 6.42. The molecule has 3 heterocycles. The summed E-state index contributed by atoms with van der Waals surface area (Å²) in [7, 11) is 0. The van der Waals surface area contributed by atoms with Crippen molar-refractivity contribution in [2.75, 3.05) is 13.1 Å². The van der Waals surface area contributed by atoms with Gasteiger partial charge in [0.05, 0.1) is 17.1 Å². The van der Waals surface area contributed by atoms with Crippen LogP contribution in [0.2, 0.25) is 5.02 Å². The molecule has 0 saturated carbocycles. The van der Waals surface area contributed by atoms with Crippen LogP contribution in [0.4, 0.5) is 4.79 Å². The monoisotopic (exact) mass is 294 g/mol. The third-order valence-corrected chi connectivity index (χ3v) is 3.88. The molecule has 2 fully saturated rings. The molecule has 7 nitrogen and oxygen atoms in total. The Morgan fingerprint density at radius 2 is 2.25 bits per heavy atom. The average molecular weight is 295 g/mol. The predicted octanol–water partition coefficient (Wildman–Crippen LogP) is 0.159. The van der Waals surface area contributed by atoms with Crippen molar-refractivity contribution in [2.45, 2.75) is 12.0 Å². The maximum absolute atomic E-state index is 12.4. The SMILES string of the molecule is O=C1NC(=O)C2(CCN(C(=O)c3ccncc3Cl)C2)N1. The van der Waals surface area contributed by atoms with Gasteiger partial charge in [-0.05, 0) is 12.5 Å². The Balaban J connectivity index is 1.81. The minimum atomic E-state index is -1.01. The molecule has 8 heteroatoms. The molecular weight excluding hydrogens is 284 g/mol. The number of nitrogens with zero attached hydrogens (tertiary/aromatic N) is 2. The summed E-state index contributed by atoms with van der Waals surface area (Å²) in [4.78, 5) is 40.7. The van der Waals surface area contributed by atoms with Crippen LogP contribution in [-0.4, -0.2) is 46.4 Å². The van der Waals surface area contributed by atoms with E-state index in [1.165, 1.54) is 23.4 Å². The van der Waals surface area contributed by atoms with Gasteiger partial charge < -0.3 is 10.2 Å². The Labute approximate surface area is 119 Å². The highest BCUT2D eigenvalue weighted by Crippen LogP contribution is 2.27. The highest BCUT2D eigenvalue weighted by Gasteiger charge is 2.51. The maximum atomic E-state index is 12.4. The van der Waals surface area contributed by atoms with E-state index in [1.54, 1.807) is 0 Å². The van der Waals surface area contributed by atoms with E-state index in [2.05, 4.69) is 15.6 Å². The third kappa shape index (κ3) is 1.90. The van der Waals surface area contributed by atoms with Gasteiger partial charge in [0, 0.05) is 18.9 Å². The molecule has 2 aliphatic rings. The predicted molar refractivity (Wildman–Crippen MR) is 69.2 cm³/mol. The summed E-state index contributed by atoms with van der Waals surface area (Å²) < 4.78 is 0. The van der Waals surface area contributed by atoms with Crippen molar-refractivity contribution in [3.05, 3.63) is 29.0 Å². The van der Waals surface area contributed by atoms with Crippen LogP contribution in [-0.2, 0) is 4.79 Å². The number of hydrogen-bond donors (Lipinski definition) is 2. The number of hydrogen-bond acceptors (Lipinski definition) is 4. The van der Waals surface area contributed by atoms with Gasteiger partial charge in [0.15, 0.2) is 0 Å². The molecule has 1 aromatic rings. The number of amides is 4. The van der Waals surface area contributed by atoms with Crippen molar-refractivity contribution in [3.8, 4) is 0 Å². The van der Waals surface area contributed by atoms with Gasteiger partial charge in [-0.3, -0.25) is 19.9 Å². The van der Waals surface area contributed by atoms with E-state index in [1.807, 2.05) is 0 Å². The second kappa shape index (κ2) is 4.45. The van der Waals surface area contributed by atoms with E-state index in [0.717, 1.165) is 0 Å². The Morgan fingerprint density at radius 1 is 1.45 bits per heavy atom. The van der Waals surface area contributed by atoms with E-state index in [9.17, 15) is 14.4 Å². The molecule has 0 aliphatic carbocycles. The fourth-order valence-corrected chi connectivity index (χ4v) is 2.72. The Kier molecular flexibility index (Phi) is 2.86. The number of carbonyl (C=O) groups excluding carboxylic acids is 3. The number of imide groups is 1. The summed E-state index contributed by atoms with van der Waals surface area (Å²) in [5, 5.41) is 5.05. The fraction of sp³-hybridized carbons (Fsp3) is 0.333. The van der Waals surface area contributed by atoms with E-state index in [-0.39, 0.29) is 17.5 Å². The number of carbonyl (C=O) groups is 3. The number of urea groups is 1. The molecule has 0 bridgehead atoms. The Hall–Kier alpha value is -2.15. The van der Waals surface area contributed by atoms with Crippen molar-refractivity contribution in [3.63, 3.8) is 0 Å². The first-order chi connectivity index (χ1) is 9.52. The first-order valence-electron chi connectivity index (χ1n) is 6.04. The lowest BCUT2D eigenvalue weighted by Gasteiger charge is -2.21. The van der Waals surface area contributed by atoms with E-state index >= 15 is 0 Å². The van der Waals surface area contributed by atoms with Crippen LogP contribution < -0.4 is 10.6 Å². The lowest BCUT2D eigenvalue weighted by atomic mass is 9.99. The van der Waals surface area contributed by atoms with Crippen LogP contribution in [0.25, 0.3) is 0 Å². The van der Waals surface area contributed by atoms with Crippen molar-refractivity contribution in [2.24, 2.45) is 0 Å². The van der Waals surface area contributed by atoms with Crippen molar-refractivity contribution >= 4 is 29.4 Å². The maximum Gasteiger partial charge on any atom is 0.322 e. The van der Waals surface area contributed by atoms with Gasteiger partial charge in [-0.15, -0.1) is 0 Å². The van der Waals surface area contributed by atoms with Gasteiger partial charge in [0.1, 0.15) is 5.54 Å². The van der Waals surface area contributed by atoms with Crippen LogP contribution in [0.3, 0.4) is 0 Å². The molecule has 4 amide bonds. The van der Waals surface area contributed by atoms with Gasteiger partial charge in [-0.2, -0.15) is 0 Å².